The minimum atomic E-state index is -0.0263. The lowest BCUT2D eigenvalue weighted by Gasteiger charge is -2.12. The molecule has 1 heterocycles. The molecule has 1 aliphatic heterocycles. The van der Waals surface area contributed by atoms with E-state index in [1.54, 1.807) is 0 Å². The van der Waals surface area contributed by atoms with E-state index in [4.69, 9.17) is 9.47 Å². The number of benzene rings is 2. The molecule has 1 amide bonds. The van der Waals surface area contributed by atoms with Crippen molar-refractivity contribution in [2.45, 2.75) is 39.8 Å². The summed E-state index contributed by atoms with van der Waals surface area (Å²) in [5.41, 5.74) is 2.81. The average Bonchev–Trinajstić information content (AvgIpc) is 3.24. The second kappa shape index (κ2) is 13.0. The number of fused-ring (bicyclic) bond motifs is 1. The van der Waals surface area contributed by atoms with Gasteiger partial charge in [-0.05, 0) is 48.7 Å². The van der Waals surface area contributed by atoms with Crippen LogP contribution in [0.15, 0.2) is 47.5 Å². The molecule has 0 saturated carbocycles. The van der Waals surface area contributed by atoms with Crippen molar-refractivity contribution in [1.82, 2.24) is 16.0 Å². The van der Waals surface area contributed by atoms with E-state index in [9.17, 15) is 4.79 Å². The molecule has 168 valence electrons. The molecule has 31 heavy (non-hydrogen) atoms. The van der Waals surface area contributed by atoms with Crippen LogP contribution in [0.2, 0.25) is 0 Å². The number of unbranched alkanes of at least 4 members (excludes halogenated alkanes) is 1. The zero-order valence-corrected chi connectivity index (χ0v) is 20.4. The monoisotopic (exact) mass is 538 g/mol. The molecule has 0 saturated heterocycles. The lowest BCUT2D eigenvalue weighted by atomic mass is 10.1. The number of amides is 1. The van der Waals surface area contributed by atoms with Crippen LogP contribution in [0.1, 0.15) is 48.2 Å². The first kappa shape index (κ1) is 24.8. The Morgan fingerprint density at radius 3 is 2.45 bits per heavy atom. The Balaban J connectivity index is 0.00000341. The van der Waals surface area contributed by atoms with Gasteiger partial charge in [-0.25, -0.2) is 4.99 Å². The molecule has 0 bridgehead atoms. The minimum Gasteiger partial charge on any atom is -0.454 e. The van der Waals surface area contributed by atoms with E-state index < -0.39 is 0 Å². The van der Waals surface area contributed by atoms with Gasteiger partial charge < -0.3 is 25.4 Å². The third kappa shape index (κ3) is 7.61. The molecule has 0 aromatic heterocycles. The van der Waals surface area contributed by atoms with Crippen molar-refractivity contribution in [2.24, 2.45) is 4.99 Å². The van der Waals surface area contributed by atoms with Crippen molar-refractivity contribution in [3.05, 3.63) is 59.2 Å². The summed E-state index contributed by atoms with van der Waals surface area (Å²) in [6.07, 6.45) is 2.06. The molecule has 7 nitrogen and oxygen atoms in total. The number of carbonyl (C=O) groups excluding carboxylic acids is 1. The first-order valence-electron chi connectivity index (χ1n) is 10.5. The molecule has 2 aromatic rings. The minimum absolute atomic E-state index is 0. The van der Waals surface area contributed by atoms with Crippen LogP contribution >= 0.6 is 24.0 Å². The Morgan fingerprint density at radius 2 is 1.71 bits per heavy atom. The van der Waals surface area contributed by atoms with Gasteiger partial charge in [0, 0.05) is 25.2 Å². The standard InChI is InChI=1S/C23H30N4O3.HI/c1-3-5-12-25-22(28)19-9-6-17(7-10-19)14-26-23(24-4-2)27-15-18-8-11-20-21(13-18)30-16-29-20;/h6-11,13H,3-5,12,14-16H2,1-2H3,(H,25,28)(H2,24,26,27);1H. The van der Waals surface area contributed by atoms with Crippen molar-refractivity contribution in [3.8, 4) is 11.5 Å². The number of nitrogens with one attached hydrogen (secondary N) is 3. The van der Waals surface area contributed by atoms with Crippen LogP contribution in [0.4, 0.5) is 0 Å². The van der Waals surface area contributed by atoms with Gasteiger partial charge in [-0.3, -0.25) is 4.79 Å². The maximum Gasteiger partial charge on any atom is 0.251 e. The Labute approximate surface area is 201 Å². The van der Waals surface area contributed by atoms with Crippen molar-refractivity contribution < 1.29 is 14.3 Å². The molecule has 8 heteroatoms. The van der Waals surface area contributed by atoms with E-state index in [1.165, 1.54) is 0 Å². The number of hydrogen-bond acceptors (Lipinski definition) is 4. The molecular weight excluding hydrogens is 507 g/mol. The normalized spacial score (nSPS) is 12.1. The highest BCUT2D eigenvalue weighted by Crippen LogP contribution is 2.32. The maximum absolute atomic E-state index is 12.1. The molecular formula is C23H31IN4O3. The fourth-order valence-corrected chi connectivity index (χ4v) is 2.99. The molecule has 0 unspecified atom stereocenters. The SMILES string of the molecule is CCCCNC(=O)c1ccc(CNC(=NCc2ccc3c(c2)OCO3)NCC)cc1.I. The highest BCUT2D eigenvalue weighted by atomic mass is 127. The molecule has 1 aliphatic rings. The summed E-state index contributed by atoms with van der Waals surface area (Å²) >= 11 is 0. The third-order valence-electron chi connectivity index (χ3n) is 4.69. The second-order valence-electron chi connectivity index (χ2n) is 7.04. The Hall–Kier alpha value is -2.49. The Bertz CT molecular complexity index is 872. The number of aliphatic imine (C=N–C) groups is 1. The molecule has 0 atom stereocenters. The fourth-order valence-electron chi connectivity index (χ4n) is 2.99. The van der Waals surface area contributed by atoms with Gasteiger partial charge in [0.25, 0.3) is 5.91 Å². The summed E-state index contributed by atoms with van der Waals surface area (Å²) < 4.78 is 10.8. The number of carbonyl (C=O) groups is 1. The average molecular weight is 538 g/mol. The van der Waals surface area contributed by atoms with Crippen molar-refractivity contribution in [1.29, 1.82) is 0 Å². The Kier molecular flexibility index (Phi) is 10.4. The van der Waals surface area contributed by atoms with E-state index in [2.05, 4.69) is 27.9 Å². The zero-order valence-electron chi connectivity index (χ0n) is 18.1. The molecule has 2 aromatic carbocycles. The van der Waals surface area contributed by atoms with E-state index in [-0.39, 0.29) is 36.7 Å². The molecule has 3 N–H and O–H groups in total. The van der Waals surface area contributed by atoms with Gasteiger partial charge in [0.2, 0.25) is 6.79 Å². The lowest BCUT2D eigenvalue weighted by molar-refractivity contribution is 0.0953. The summed E-state index contributed by atoms with van der Waals surface area (Å²) in [6.45, 7) is 7.03. The predicted molar refractivity (Wildman–Crippen MR) is 133 cm³/mol. The number of guanidine groups is 1. The quantitative estimate of drug-likeness (QED) is 0.196. The van der Waals surface area contributed by atoms with Gasteiger partial charge in [0.1, 0.15) is 0 Å². The topological polar surface area (TPSA) is 84.0 Å². The number of rotatable bonds is 9. The second-order valence-corrected chi connectivity index (χ2v) is 7.04. The first-order chi connectivity index (χ1) is 14.7. The van der Waals surface area contributed by atoms with Gasteiger partial charge in [-0.2, -0.15) is 0 Å². The number of ether oxygens (including phenoxy) is 2. The summed E-state index contributed by atoms with van der Waals surface area (Å²) in [7, 11) is 0. The van der Waals surface area contributed by atoms with Crippen LogP contribution in [-0.4, -0.2) is 31.7 Å². The van der Waals surface area contributed by atoms with Crippen LogP contribution < -0.4 is 25.4 Å². The third-order valence-corrected chi connectivity index (χ3v) is 4.69. The fraction of sp³-hybridized carbons (Fsp3) is 0.391. The summed E-state index contributed by atoms with van der Waals surface area (Å²) in [4.78, 5) is 16.7. The van der Waals surface area contributed by atoms with Crippen molar-refractivity contribution >= 4 is 35.8 Å². The van der Waals surface area contributed by atoms with Crippen LogP contribution in [0.25, 0.3) is 0 Å². The van der Waals surface area contributed by atoms with Crippen molar-refractivity contribution in [2.75, 3.05) is 19.9 Å². The molecule has 0 radical (unpaired) electrons. The summed E-state index contributed by atoms with van der Waals surface area (Å²) in [6, 6.07) is 13.5. The largest absolute Gasteiger partial charge is 0.454 e. The van der Waals surface area contributed by atoms with E-state index in [0.29, 0.717) is 25.2 Å². The van der Waals surface area contributed by atoms with Gasteiger partial charge >= 0.3 is 0 Å². The molecule has 3 rings (SSSR count). The van der Waals surface area contributed by atoms with Gasteiger partial charge in [-0.1, -0.05) is 31.5 Å². The van der Waals surface area contributed by atoms with E-state index in [1.807, 2.05) is 49.4 Å². The van der Waals surface area contributed by atoms with Gasteiger partial charge in [-0.15, -0.1) is 24.0 Å². The Morgan fingerprint density at radius 1 is 0.968 bits per heavy atom. The molecule has 0 fully saturated rings. The molecule has 0 spiro atoms. The number of halogens is 1. The van der Waals surface area contributed by atoms with Crippen LogP contribution in [0.3, 0.4) is 0 Å². The van der Waals surface area contributed by atoms with E-state index in [0.717, 1.165) is 48.0 Å². The summed E-state index contributed by atoms with van der Waals surface area (Å²) in [5.74, 6) is 2.24. The summed E-state index contributed by atoms with van der Waals surface area (Å²) in [5, 5.41) is 9.52. The van der Waals surface area contributed by atoms with E-state index >= 15 is 0 Å². The lowest BCUT2D eigenvalue weighted by Crippen LogP contribution is -2.36. The highest BCUT2D eigenvalue weighted by molar-refractivity contribution is 14.0. The molecule has 0 aliphatic carbocycles. The zero-order chi connectivity index (χ0) is 21.2. The maximum atomic E-state index is 12.1. The number of nitrogens with zero attached hydrogens (tertiary/aromatic N) is 1. The van der Waals surface area contributed by atoms with Crippen LogP contribution in [0, 0.1) is 0 Å². The van der Waals surface area contributed by atoms with Gasteiger partial charge in [0.15, 0.2) is 17.5 Å². The van der Waals surface area contributed by atoms with Crippen LogP contribution in [0.5, 0.6) is 11.5 Å². The van der Waals surface area contributed by atoms with Gasteiger partial charge in [0.05, 0.1) is 6.54 Å². The smallest absolute Gasteiger partial charge is 0.251 e. The highest BCUT2D eigenvalue weighted by Gasteiger charge is 2.13. The predicted octanol–water partition coefficient (Wildman–Crippen LogP) is 3.82. The number of hydrogen-bond donors (Lipinski definition) is 3. The van der Waals surface area contributed by atoms with Crippen molar-refractivity contribution in [3.63, 3.8) is 0 Å². The first-order valence-corrected chi connectivity index (χ1v) is 10.5. The van der Waals surface area contributed by atoms with Crippen LogP contribution in [-0.2, 0) is 13.1 Å².